The maximum Gasteiger partial charge on any atom is 0.185 e. The Kier molecular flexibility index (Phi) is 3.20. The topological polar surface area (TPSA) is 17.1 Å². The van der Waals surface area contributed by atoms with Crippen molar-refractivity contribution in [2.75, 3.05) is 0 Å². The van der Waals surface area contributed by atoms with Gasteiger partial charge in [-0.1, -0.05) is 17.7 Å². The van der Waals surface area contributed by atoms with E-state index in [1.54, 1.807) is 13.0 Å². The van der Waals surface area contributed by atoms with Crippen LogP contribution in [0.25, 0.3) is 0 Å². The van der Waals surface area contributed by atoms with Crippen LogP contribution in [0.3, 0.4) is 0 Å². The molecule has 0 aliphatic carbocycles. The van der Waals surface area contributed by atoms with Crippen LogP contribution in [0.2, 0.25) is 5.02 Å². The van der Waals surface area contributed by atoms with Crippen molar-refractivity contribution in [1.82, 2.24) is 0 Å². The second-order valence-electron chi connectivity index (χ2n) is 2.49. The Morgan fingerprint density at radius 1 is 1.54 bits per heavy atom. The lowest BCUT2D eigenvalue weighted by atomic mass is 10.1. The summed E-state index contributed by atoms with van der Waals surface area (Å²) in [5.74, 6) is -0.796. The first-order chi connectivity index (χ1) is 6.15. The molecule has 0 saturated carbocycles. The predicted octanol–water partition coefficient (Wildman–Crippen LogP) is 3.24. The van der Waals surface area contributed by atoms with E-state index < -0.39 is 5.82 Å². The van der Waals surface area contributed by atoms with E-state index in [4.69, 9.17) is 11.6 Å². The standard InChI is InChI=1S/C10H8ClFO/c1-2-3-10(13)7-4-5-8(11)9(12)6-7/h2-6H,1H3. The molecule has 0 unspecified atom stereocenters. The van der Waals surface area contributed by atoms with Gasteiger partial charge in [0.15, 0.2) is 5.78 Å². The molecule has 0 aliphatic rings. The van der Waals surface area contributed by atoms with Gasteiger partial charge >= 0.3 is 0 Å². The number of hydrogen-bond acceptors (Lipinski definition) is 1. The smallest absolute Gasteiger partial charge is 0.185 e. The molecule has 13 heavy (non-hydrogen) atoms. The maximum atomic E-state index is 12.9. The average molecular weight is 199 g/mol. The van der Waals surface area contributed by atoms with Crippen LogP contribution in [-0.2, 0) is 0 Å². The molecule has 0 aliphatic heterocycles. The SMILES string of the molecule is CC=CC(=O)c1ccc(Cl)c(F)c1. The van der Waals surface area contributed by atoms with Gasteiger partial charge in [0.1, 0.15) is 5.82 Å². The summed E-state index contributed by atoms with van der Waals surface area (Å²) >= 11 is 5.46. The molecule has 0 atom stereocenters. The lowest BCUT2D eigenvalue weighted by Crippen LogP contribution is -1.94. The van der Waals surface area contributed by atoms with Crippen LogP contribution >= 0.6 is 11.6 Å². The Labute approximate surface area is 80.8 Å². The van der Waals surface area contributed by atoms with E-state index >= 15 is 0 Å². The first-order valence-corrected chi connectivity index (χ1v) is 4.15. The van der Waals surface area contributed by atoms with Crippen molar-refractivity contribution in [3.8, 4) is 0 Å². The molecule has 1 aromatic carbocycles. The van der Waals surface area contributed by atoms with E-state index in [1.165, 1.54) is 18.2 Å². The highest BCUT2D eigenvalue weighted by Crippen LogP contribution is 2.15. The number of hydrogen-bond donors (Lipinski definition) is 0. The van der Waals surface area contributed by atoms with Crippen molar-refractivity contribution in [3.63, 3.8) is 0 Å². The molecule has 0 heterocycles. The second-order valence-corrected chi connectivity index (χ2v) is 2.90. The first kappa shape index (κ1) is 9.93. The molecule has 0 spiro atoms. The van der Waals surface area contributed by atoms with Crippen LogP contribution in [0.15, 0.2) is 30.4 Å². The lowest BCUT2D eigenvalue weighted by Gasteiger charge is -1.97. The minimum Gasteiger partial charge on any atom is -0.289 e. The summed E-state index contributed by atoms with van der Waals surface area (Å²) in [6.45, 7) is 1.73. The Bertz CT molecular complexity index is 358. The zero-order valence-corrected chi connectivity index (χ0v) is 7.81. The molecular formula is C10H8ClFO. The third kappa shape index (κ3) is 2.39. The molecule has 1 aromatic rings. The van der Waals surface area contributed by atoms with Crippen molar-refractivity contribution in [2.45, 2.75) is 6.92 Å². The Balaban J connectivity index is 3.04. The van der Waals surface area contributed by atoms with Gasteiger partial charge in [-0.3, -0.25) is 4.79 Å². The first-order valence-electron chi connectivity index (χ1n) is 3.77. The van der Waals surface area contributed by atoms with Crippen LogP contribution in [0.5, 0.6) is 0 Å². The number of rotatable bonds is 2. The monoisotopic (exact) mass is 198 g/mol. The molecule has 0 N–H and O–H groups in total. The summed E-state index contributed by atoms with van der Waals surface area (Å²) in [5, 5.41) is 0.0250. The van der Waals surface area contributed by atoms with Gasteiger partial charge in [-0.2, -0.15) is 0 Å². The van der Waals surface area contributed by atoms with Crippen LogP contribution in [-0.4, -0.2) is 5.78 Å². The normalized spacial score (nSPS) is 10.7. The van der Waals surface area contributed by atoms with Gasteiger partial charge < -0.3 is 0 Å². The molecule has 0 amide bonds. The van der Waals surface area contributed by atoms with Gasteiger partial charge in [-0.25, -0.2) is 4.39 Å². The van der Waals surface area contributed by atoms with E-state index in [2.05, 4.69) is 0 Å². The number of carbonyl (C=O) groups excluding carboxylic acids is 1. The minimum atomic E-state index is -0.572. The van der Waals surface area contributed by atoms with Crippen LogP contribution < -0.4 is 0 Å². The summed E-state index contributed by atoms with van der Waals surface area (Å²) in [6.07, 6.45) is 2.98. The maximum absolute atomic E-state index is 12.9. The average Bonchev–Trinajstić information content (AvgIpc) is 2.10. The second kappa shape index (κ2) is 4.19. The number of carbonyl (C=O) groups is 1. The summed E-state index contributed by atoms with van der Waals surface area (Å²) in [6, 6.07) is 3.99. The largest absolute Gasteiger partial charge is 0.289 e. The van der Waals surface area contributed by atoms with Gasteiger partial charge in [-0.15, -0.1) is 0 Å². The zero-order valence-electron chi connectivity index (χ0n) is 7.05. The van der Waals surface area contributed by atoms with Crippen molar-refractivity contribution in [1.29, 1.82) is 0 Å². The molecule has 0 fully saturated rings. The fraction of sp³-hybridized carbons (Fsp3) is 0.100. The summed E-state index contributed by atoms with van der Waals surface area (Å²) in [4.78, 5) is 11.2. The third-order valence-electron chi connectivity index (χ3n) is 1.52. The van der Waals surface area contributed by atoms with Gasteiger partial charge in [0.05, 0.1) is 5.02 Å². The van der Waals surface area contributed by atoms with Gasteiger partial charge in [0.2, 0.25) is 0 Å². The summed E-state index contributed by atoms with van der Waals surface area (Å²) in [7, 11) is 0. The van der Waals surface area contributed by atoms with Gasteiger partial charge in [-0.05, 0) is 31.2 Å². The number of benzene rings is 1. The van der Waals surface area contributed by atoms with E-state index in [1.807, 2.05) is 0 Å². The summed E-state index contributed by atoms with van der Waals surface area (Å²) < 4.78 is 12.9. The van der Waals surface area contributed by atoms with Crippen LogP contribution in [0.4, 0.5) is 4.39 Å². The van der Waals surface area contributed by atoms with Crippen molar-refractivity contribution in [2.24, 2.45) is 0 Å². The summed E-state index contributed by atoms with van der Waals surface area (Å²) in [5.41, 5.74) is 0.306. The molecule has 0 bridgehead atoms. The Hall–Kier alpha value is -1.15. The Morgan fingerprint density at radius 2 is 2.23 bits per heavy atom. The molecule has 1 nitrogen and oxygen atoms in total. The number of ketones is 1. The molecule has 0 radical (unpaired) electrons. The molecule has 0 saturated heterocycles. The van der Waals surface area contributed by atoms with Crippen LogP contribution in [0, 0.1) is 5.82 Å². The van der Waals surface area contributed by atoms with Gasteiger partial charge in [0, 0.05) is 5.56 Å². The molecule has 3 heteroatoms. The van der Waals surface area contributed by atoms with Crippen molar-refractivity contribution in [3.05, 3.63) is 46.8 Å². The third-order valence-corrected chi connectivity index (χ3v) is 1.83. The quantitative estimate of drug-likeness (QED) is 0.527. The zero-order chi connectivity index (χ0) is 9.84. The minimum absolute atomic E-state index is 0.0250. The number of halogens is 2. The fourth-order valence-corrected chi connectivity index (χ4v) is 1.01. The molecule has 68 valence electrons. The van der Waals surface area contributed by atoms with Crippen molar-refractivity contribution < 1.29 is 9.18 Å². The van der Waals surface area contributed by atoms with E-state index in [-0.39, 0.29) is 10.8 Å². The molecular weight excluding hydrogens is 191 g/mol. The fourth-order valence-electron chi connectivity index (χ4n) is 0.897. The van der Waals surface area contributed by atoms with E-state index in [0.29, 0.717) is 5.56 Å². The number of allylic oxidation sites excluding steroid dienone is 2. The molecule has 1 rings (SSSR count). The highest BCUT2D eigenvalue weighted by Gasteiger charge is 2.05. The lowest BCUT2D eigenvalue weighted by molar-refractivity contribution is 0.104. The van der Waals surface area contributed by atoms with E-state index in [9.17, 15) is 9.18 Å². The highest BCUT2D eigenvalue weighted by molar-refractivity contribution is 6.30. The molecule has 0 aromatic heterocycles. The predicted molar refractivity (Wildman–Crippen MR) is 50.6 cm³/mol. The van der Waals surface area contributed by atoms with Gasteiger partial charge in [0.25, 0.3) is 0 Å². The van der Waals surface area contributed by atoms with Crippen LogP contribution in [0.1, 0.15) is 17.3 Å². The highest BCUT2D eigenvalue weighted by atomic mass is 35.5. The van der Waals surface area contributed by atoms with Crippen molar-refractivity contribution >= 4 is 17.4 Å². The van der Waals surface area contributed by atoms with E-state index in [0.717, 1.165) is 6.07 Å². The Morgan fingerprint density at radius 3 is 2.77 bits per heavy atom.